The first kappa shape index (κ1) is 20.5. The van der Waals surface area contributed by atoms with Crippen LogP contribution in [0.25, 0.3) is 0 Å². The van der Waals surface area contributed by atoms with Crippen molar-refractivity contribution >= 4 is 23.2 Å². The Morgan fingerprint density at radius 3 is 2.62 bits per heavy atom. The zero-order valence-electron chi connectivity index (χ0n) is 16.2. The maximum atomic E-state index is 12.4. The minimum Gasteiger partial charge on any atom is -0.487 e. The third kappa shape index (κ3) is 5.89. The minimum absolute atomic E-state index is 0.188. The smallest absolute Gasteiger partial charge is 0.339 e. The molecule has 1 heterocycles. The molecule has 0 aliphatic rings. The number of rotatable bonds is 8. The third-order valence-corrected chi connectivity index (χ3v) is 4.89. The second kappa shape index (κ2) is 9.84. The van der Waals surface area contributed by atoms with Gasteiger partial charge >= 0.3 is 5.97 Å². The maximum Gasteiger partial charge on any atom is 0.339 e. The Morgan fingerprint density at radius 1 is 1.10 bits per heavy atom. The van der Waals surface area contributed by atoms with Crippen LogP contribution in [-0.2, 0) is 16.1 Å². The van der Waals surface area contributed by atoms with E-state index in [1.807, 2.05) is 42.6 Å². The van der Waals surface area contributed by atoms with Crippen molar-refractivity contribution in [3.63, 3.8) is 0 Å². The molecule has 2 atom stereocenters. The number of amides is 1. The summed E-state index contributed by atoms with van der Waals surface area (Å²) in [4.78, 5) is 29.0. The van der Waals surface area contributed by atoms with Crippen LogP contribution in [-0.4, -0.2) is 23.0 Å². The summed E-state index contributed by atoms with van der Waals surface area (Å²) in [6, 6.07) is 16.1. The van der Waals surface area contributed by atoms with Crippen LogP contribution in [0.15, 0.2) is 65.5 Å². The van der Waals surface area contributed by atoms with Crippen molar-refractivity contribution in [3.8, 4) is 5.75 Å². The van der Waals surface area contributed by atoms with Crippen LogP contribution in [0.5, 0.6) is 5.75 Å². The highest BCUT2D eigenvalue weighted by molar-refractivity contribution is 7.07. The van der Waals surface area contributed by atoms with Gasteiger partial charge in [-0.1, -0.05) is 36.4 Å². The van der Waals surface area contributed by atoms with Gasteiger partial charge in [-0.2, -0.15) is 0 Å². The molecule has 3 aromatic rings. The molecule has 2 unspecified atom stereocenters. The number of esters is 1. The van der Waals surface area contributed by atoms with E-state index in [-0.39, 0.29) is 11.9 Å². The lowest BCUT2D eigenvalue weighted by molar-refractivity contribution is -0.129. The van der Waals surface area contributed by atoms with Gasteiger partial charge in [-0.3, -0.25) is 4.79 Å². The number of thiazole rings is 1. The molecular formula is C22H22N2O4S. The minimum atomic E-state index is -0.923. The topological polar surface area (TPSA) is 77.5 Å². The highest BCUT2D eigenvalue weighted by Gasteiger charge is 2.21. The summed E-state index contributed by atoms with van der Waals surface area (Å²) in [5.41, 5.74) is 3.85. The zero-order chi connectivity index (χ0) is 20.6. The van der Waals surface area contributed by atoms with E-state index in [1.165, 1.54) is 11.3 Å². The fourth-order valence-electron chi connectivity index (χ4n) is 2.62. The molecule has 0 aliphatic carbocycles. The molecule has 150 valence electrons. The van der Waals surface area contributed by atoms with Gasteiger partial charge in [-0.15, -0.1) is 11.3 Å². The Bertz CT molecular complexity index is 944. The van der Waals surface area contributed by atoms with Crippen molar-refractivity contribution in [2.75, 3.05) is 0 Å². The molecule has 0 saturated carbocycles. The fourth-order valence-corrected chi connectivity index (χ4v) is 3.16. The standard InChI is InChI=1S/C22H22N2O4S/c1-15(17-7-4-3-5-8-17)24-21(25)16(2)28-22(26)18-9-6-10-20(11-18)27-12-19-13-29-14-23-19/h3-11,13-16H,12H2,1-2H3,(H,24,25). The van der Waals surface area contributed by atoms with Crippen LogP contribution in [0, 0.1) is 0 Å². The lowest BCUT2D eigenvalue weighted by atomic mass is 10.1. The molecule has 0 aliphatic heterocycles. The predicted molar refractivity (Wildman–Crippen MR) is 111 cm³/mol. The van der Waals surface area contributed by atoms with Crippen molar-refractivity contribution < 1.29 is 19.1 Å². The second-order valence-electron chi connectivity index (χ2n) is 6.48. The first-order chi connectivity index (χ1) is 14.0. The molecular weight excluding hydrogens is 388 g/mol. The molecule has 7 heteroatoms. The fraction of sp³-hybridized carbons (Fsp3) is 0.227. The molecule has 0 saturated heterocycles. The Balaban J connectivity index is 1.54. The molecule has 3 rings (SSSR count). The Kier molecular flexibility index (Phi) is 6.97. The van der Waals surface area contributed by atoms with E-state index in [0.717, 1.165) is 11.3 Å². The number of benzene rings is 2. The van der Waals surface area contributed by atoms with Crippen LogP contribution in [0.4, 0.5) is 0 Å². The molecule has 0 fully saturated rings. The Labute approximate surface area is 173 Å². The van der Waals surface area contributed by atoms with E-state index in [0.29, 0.717) is 17.9 Å². The van der Waals surface area contributed by atoms with Crippen molar-refractivity contribution in [2.45, 2.75) is 32.6 Å². The van der Waals surface area contributed by atoms with Gasteiger partial charge in [-0.05, 0) is 37.6 Å². The molecule has 0 radical (unpaired) electrons. The first-order valence-electron chi connectivity index (χ1n) is 9.19. The van der Waals surface area contributed by atoms with Crippen LogP contribution in [0.1, 0.15) is 41.5 Å². The summed E-state index contributed by atoms with van der Waals surface area (Å²) >= 11 is 1.49. The monoisotopic (exact) mass is 410 g/mol. The van der Waals surface area contributed by atoms with Gasteiger partial charge in [0.15, 0.2) is 6.10 Å². The molecule has 2 aromatic carbocycles. The second-order valence-corrected chi connectivity index (χ2v) is 7.20. The van der Waals surface area contributed by atoms with Gasteiger partial charge in [0.25, 0.3) is 5.91 Å². The van der Waals surface area contributed by atoms with E-state index in [2.05, 4.69) is 10.3 Å². The normalized spacial score (nSPS) is 12.6. The van der Waals surface area contributed by atoms with Crippen LogP contribution in [0.2, 0.25) is 0 Å². The van der Waals surface area contributed by atoms with Crippen molar-refractivity contribution in [3.05, 3.63) is 82.3 Å². The zero-order valence-corrected chi connectivity index (χ0v) is 17.0. The molecule has 29 heavy (non-hydrogen) atoms. The van der Waals surface area contributed by atoms with Crippen LogP contribution >= 0.6 is 11.3 Å². The highest BCUT2D eigenvalue weighted by Crippen LogP contribution is 2.17. The Morgan fingerprint density at radius 2 is 1.90 bits per heavy atom. The highest BCUT2D eigenvalue weighted by atomic mass is 32.1. The van der Waals surface area contributed by atoms with Gasteiger partial charge in [0.2, 0.25) is 0 Å². The van der Waals surface area contributed by atoms with Crippen LogP contribution < -0.4 is 10.1 Å². The van der Waals surface area contributed by atoms with Gasteiger partial charge in [0, 0.05) is 5.38 Å². The molecule has 0 bridgehead atoms. The average Bonchev–Trinajstić information content (AvgIpc) is 3.26. The molecule has 0 spiro atoms. The number of hydrogen-bond acceptors (Lipinski definition) is 6. The van der Waals surface area contributed by atoms with E-state index in [1.54, 1.807) is 36.7 Å². The van der Waals surface area contributed by atoms with Gasteiger partial charge < -0.3 is 14.8 Å². The van der Waals surface area contributed by atoms with Gasteiger partial charge in [0.1, 0.15) is 12.4 Å². The van der Waals surface area contributed by atoms with E-state index in [9.17, 15) is 9.59 Å². The molecule has 1 aromatic heterocycles. The number of hydrogen-bond donors (Lipinski definition) is 1. The summed E-state index contributed by atoms with van der Waals surface area (Å²) in [5.74, 6) is -0.410. The van der Waals surface area contributed by atoms with Crippen molar-refractivity contribution in [1.29, 1.82) is 0 Å². The van der Waals surface area contributed by atoms with Crippen LogP contribution in [0.3, 0.4) is 0 Å². The number of carbonyl (C=O) groups excluding carboxylic acids is 2. The first-order valence-corrected chi connectivity index (χ1v) is 10.1. The number of carbonyl (C=O) groups is 2. The maximum absolute atomic E-state index is 12.4. The molecule has 1 N–H and O–H groups in total. The molecule has 1 amide bonds. The van der Waals surface area contributed by atoms with Crippen molar-refractivity contribution in [1.82, 2.24) is 10.3 Å². The van der Waals surface area contributed by atoms with E-state index < -0.39 is 12.1 Å². The summed E-state index contributed by atoms with van der Waals surface area (Å²) in [5, 5.41) is 4.75. The predicted octanol–water partition coefficient (Wildman–Crippen LogP) is 4.14. The van der Waals surface area contributed by atoms with E-state index in [4.69, 9.17) is 9.47 Å². The summed E-state index contributed by atoms with van der Waals surface area (Å²) in [6.45, 7) is 3.75. The molecule has 6 nitrogen and oxygen atoms in total. The summed E-state index contributed by atoms with van der Waals surface area (Å²) < 4.78 is 11.0. The summed E-state index contributed by atoms with van der Waals surface area (Å²) in [7, 11) is 0. The largest absolute Gasteiger partial charge is 0.487 e. The lowest BCUT2D eigenvalue weighted by Crippen LogP contribution is -2.37. The third-order valence-electron chi connectivity index (χ3n) is 4.25. The average molecular weight is 410 g/mol. The lowest BCUT2D eigenvalue weighted by Gasteiger charge is -2.18. The summed E-state index contributed by atoms with van der Waals surface area (Å²) in [6.07, 6.45) is -0.923. The quantitative estimate of drug-likeness (QED) is 0.565. The van der Waals surface area contributed by atoms with E-state index >= 15 is 0 Å². The SMILES string of the molecule is CC(OC(=O)c1cccc(OCc2cscn2)c1)C(=O)NC(C)c1ccccc1. The van der Waals surface area contributed by atoms with Gasteiger partial charge in [-0.25, -0.2) is 9.78 Å². The number of nitrogens with one attached hydrogen (secondary N) is 1. The number of nitrogens with zero attached hydrogens (tertiary/aromatic N) is 1. The van der Waals surface area contributed by atoms with Crippen molar-refractivity contribution in [2.24, 2.45) is 0 Å². The number of ether oxygens (including phenoxy) is 2. The number of aromatic nitrogens is 1. The Hall–Kier alpha value is -3.19. The van der Waals surface area contributed by atoms with Gasteiger partial charge in [0.05, 0.1) is 22.8 Å².